The number of carbonyl (C=O) groups is 2. The Labute approximate surface area is 407 Å². The largest absolute Gasteiger partial charge is 0.462 e. The van der Waals surface area contributed by atoms with E-state index in [2.05, 4.69) is 148 Å². The van der Waals surface area contributed by atoms with Gasteiger partial charge in [0.2, 0.25) is 0 Å². The lowest BCUT2D eigenvalue weighted by molar-refractivity contribution is -0.162. The van der Waals surface area contributed by atoms with Gasteiger partial charge in [0.1, 0.15) is 6.61 Å². The molecule has 0 saturated carbocycles. The molecule has 1 atom stereocenters. The van der Waals surface area contributed by atoms with Gasteiger partial charge in [-0.1, -0.05) is 212 Å². The van der Waals surface area contributed by atoms with Gasteiger partial charge in [0, 0.05) is 19.4 Å². The van der Waals surface area contributed by atoms with Gasteiger partial charge < -0.3 is 14.2 Å². The second-order valence-corrected chi connectivity index (χ2v) is 17.0. The van der Waals surface area contributed by atoms with Crippen LogP contribution in [-0.4, -0.2) is 37.9 Å². The first kappa shape index (κ1) is 62.0. The van der Waals surface area contributed by atoms with Crippen molar-refractivity contribution in [2.45, 2.75) is 219 Å². The van der Waals surface area contributed by atoms with Crippen molar-refractivity contribution in [3.05, 3.63) is 134 Å². The van der Waals surface area contributed by atoms with Crippen LogP contribution >= 0.6 is 0 Å². The van der Waals surface area contributed by atoms with E-state index >= 15 is 0 Å². The zero-order valence-corrected chi connectivity index (χ0v) is 42.7. The van der Waals surface area contributed by atoms with Crippen LogP contribution in [0.4, 0.5) is 0 Å². The molecular formula is C61H98O5. The highest BCUT2D eigenvalue weighted by molar-refractivity contribution is 5.70. The molecule has 0 aliphatic rings. The molecule has 0 aromatic carbocycles. The first-order valence-corrected chi connectivity index (χ1v) is 26.7. The van der Waals surface area contributed by atoms with E-state index in [-0.39, 0.29) is 25.2 Å². The van der Waals surface area contributed by atoms with Crippen LogP contribution in [0, 0.1) is 0 Å². The van der Waals surface area contributed by atoms with Crippen LogP contribution in [0.15, 0.2) is 134 Å². The molecule has 66 heavy (non-hydrogen) atoms. The molecule has 0 aliphatic heterocycles. The molecule has 0 aliphatic carbocycles. The zero-order valence-electron chi connectivity index (χ0n) is 42.7. The monoisotopic (exact) mass is 911 g/mol. The number of carbonyl (C=O) groups excluding carboxylic acids is 2. The number of hydrogen-bond donors (Lipinski definition) is 0. The molecule has 0 aromatic rings. The number of ether oxygens (including phenoxy) is 3. The quantitative estimate of drug-likeness (QED) is 0.0346. The molecule has 0 fully saturated rings. The lowest BCUT2D eigenvalue weighted by Gasteiger charge is -2.18. The van der Waals surface area contributed by atoms with Gasteiger partial charge >= 0.3 is 11.9 Å². The van der Waals surface area contributed by atoms with Gasteiger partial charge in [-0.2, -0.15) is 0 Å². The van der Waals surface area contributed by atoms with Gasteiger partial charge in [-0.05, 0) is 122 Å². The second-order valence-electron chi connectivity index (χ2n) is 17.0. The third kappa shape index (κ3) is 52.7. The number of hydrogen-bond acceptors (Lipinski definition) is 5. The third-order valence-corrected chi connectivity index (χ3v) is 10.7. The van der Waals surface area contributed by atoms with E-state index < -0.39 is 6.10 Å². The molecule has 372 valence electrons. The SMILES string of the molecule is CC/C=C\C/C=C\C/C=C\C/C=C\C/C=C\C/C=C\CCC(=O)OCC(COCCCCCCC/C=C\C/C=C\C/C=C\C/C=C\CC)OC(=O)CCCCCCC/C=C\CCCCCC. The molecule has 0 bridgehead atoms. The Balaban J connectivity index is 4.45. The van der Waals surface area contributed by atoms with E-state index in [4.69, 9.17) is 14.2 Å². The van der Waals surface area contributed by atoms with E-state index in [9.17, 15) is 9.59 Å². The summed E-state index contributed by atoms with van der Waals surface area (Å²) >= 11 is 0. The Bertz CT molecular complexity index is 1400. The van der Waals surface area contributed by atoms with Gasteiger partial charge in [0.25, 0.3) is 0 Å². The summed E-state index contributed by atoms with van der Waals surface area (Å²) in [5.74, 6) is -0.524. The number of rotatable bonds is 47. The lowest BCUT2D eigenvalue weighted by atomic mass is 10.1. The van der Waals surface area contributed by atoms with E-state index in [1.165, 1.54) is 64.2 Å². The molecule has 0 saturated heterocycles. The molecule has 5 heteroatoms. The zero-order chi connectivity index (χ0) is 47.7. The normalized spacial score (nSPS) is 13.3. The Morgan fingerprint density at radius 2 is 0.712 bits per heavy atom. The van der Waals surface area contributed by atoms with Crippen molar-refractivity contribution in [3.8, 4) is 0 Å². The maximum Gasteiger partial charge on any atom is 0.306 e. The van der Waals surface area contributed by atoms with Crippen LogP contribution in [0.3, 0.4) is 0 Å². The smallest absolute Gasteiger partial charge is 0.306 e. The van der Waals surface area contributed by atoms with E-state index in [1.807, 2.05) is 6.08 Å². The van der Waals surface area contributed by atoms with Crippen molar-refractivity contribution in [3.63, 3.8) is 0 Å². The Kier molecular flexibility index (Phi) is 52.0. The highest BCUT2D eigenvalue weighted by Crippen LogP contribution is 2.12. The molecule has 0 amide bonds. The van der Waals surface area contributed by atoms with Crippen molar-refractivity contribution in [1.82, 2.24) is 0 Å². The van der Waals surface area contributed by atoms with Crippen molar-refractivity contribution in [1.29, 1.82) is 0 Å². The van der Waals surface area contributed by atoms with Gasteiger partial charge in [-0.3, -0.25) is 9.59 Å². The van der Waals surface area contributed by atoms with Crippen LogP contribution < -0.4 is 0 Å². The lowest BCUT2D eigenvalue weighted by Crippen LogP contribution is -2.30. The van der Waals surface area contributed by atoms with E-state index in [0.29, 0.717) is 25.9 Å². The summed E-state index contributed by atoms with van der Waals surface area (Å²) in [5.41, 5.74) is 0. The Morgan fingerprint density at radius 1 is 0.348 bits per heavy atom. The van der Waals surface area contributed by atoms with Crippen molar-refractivity contribution < 1.29 is 23.8 Å². The first-order valence-electron chi connectivity index (χ1n) is 26.7. The van der Waals surface area contributed by atoms with Crippen LogP contribution in [-0.2, 0) is 23.8 Å². The number of esters is 2. The fourth-order valence-electron chi connectivity index (χ4n) is 6.76. The standard InChI is InChI=1S/C61H98O5/c1-4-7-10-13-16-19-22-25-27-29-31-32-34-37-39-42-45-48-51-54-60(62)65-58-59(66-61(63)55-52-49-46-43-40-36-24-21-18-15-12-9-6-3)57-64-56-53-50-47-44-41-38-35-33-30-28-26-23-20-17-14-11-8-5-2/h7-8,10-11,16-17,19-21,24-28,31-33,35,37,39,45,48,59H,4-6,9,12-15,18,22-23,29-30,34,36,38,40-44,46-47,49-58H2,1-3H3/b10-7-,11-8-,19-16-,20-17-,24-21-,27-25-,28-26-,32-31-,35-33-,39-37-,48-45-. The Morgan fingerprint density at radius 3 is 1.17 bits per heavy atom. The molecule has 1 unspecified atom stereocenters. The molecular weight excluding hydrogens is 813 g/mol. The van der Waals surface area contributed by atoms with Crippen LogP contribution in [0.2, 0.25) is 0 Å². The average Bonchev–Trinajstić information content (AvgIpc) is 3.32. The first-order chi connectivity index (χ1) is 32.6. The number of allylic oxidation sites excluding steroid dienone is 22. The fraction of sp³-hybridized carbons (Fsp3) is 0.607. The summed E-state index contributed by atoms with van der Waals surface area (Å²) in [6, 6.07) is 0. The van der Waals surface area contributed by atoms with Crippen LogP contribution in [0.5, 0.6) is 0 Å². The average molecular weight is 911 g/mol. The highest BCUT2D eigenvalue weighted by Gasteiger charge is 2.17. The maximum atomic E-state index is 12.8. The number of unbranched alkanes of at least 4 members (excludes halogenated alkanes) is 14. The molecule has 0 aromatic heterocycles. The minimum absolute atomic E-state index is 0.0255. The van der Waals surface area contributed by atoms with Crippen molar-refractivity contribution >= 4 is 11.9 Å². The molecule has 0 rings (SSSR count). The van der Waals surface area contributed by atoms with Crippen molar-refractivity contribution in [2.24, 2.45) is 0 Å². The van der Waals surface area contributed by atoms with Crippen LogP contribution in [0.25, 0.3) is 0 Å². The summed E-state index contributed by atoms with van der Waals surface area (Å²) < 4.78 is 17.3. The van der Waals surface area contributed by atoms with Gasteiger partial charge in [-0.15, -0.1) is 0 Å². The summed E-state index contributed by atoms with van der Waals surface area (Å²) in [6.45, 7) is 7.44. The summed E-state index contributed by atoms with van der Waals surface area (Å²) in [7, 11) is 0. The molecule has 0 spiro atoms. The molecule has 0 radical (unpaired) electrons. The van der Waals surface area contributed by atoms with Gasteiger partial charge in [-0.25, -0.2) is 0 Å². The summed E-state index contributed by atoms with van der Waals surface area (Å²) in [4.78, 5) is 25.4. The second kappa shape index (κ2) is 55.4. The Hall–Kier alpha value is -3.96. The molecule has 0 heterocycles. The molecule has 5 nitrogen and oxygen atoms in total. The predicted molar refractivity (Wildman–Crippen MR) is 288 cm³/mol. The van der Waals surface area contributed by atoms with Gasteiger partial charge in [0.15, 0.2) is 6.10 Å². The fourth-order valence-corrected chi connectivity index (χ4v) is 6.76. The summed E-state index contributed by atoms with van der Waals surface area (Å²) in [6.07, 6.45) is 79.0. The maximum absolute atomic E-state index is 12.8. The highest BCUT2D eigenvalue weighted by atomic mass is 16.6. The van der Waals surface area contributed by atoms with Crippen LogP contribution in [0.1, 0.15) is 213 Å². The van der Waals surface area contributed by atoms with Gasteiger partial charge in [0.05, 0.1) is 6.61 Å². The third-order valence-electron chi connectivity index (χ3n) is 10.7. The predicted octanol–water partition coefficient (Wildman–Crippen LogP) is 18.3. The molecule has 0 N–H and O–H groups in total. The van der Waals surface area contributed by atoms with Crippen molar-refractivity contribution in [2.75, 3.05) is 19.8 Å². The summed E-state index contributed by atoms with van der Waals surface area (Å²) in [5, 5.41) is 0. The van der Waals surface area contributed by atoms with E-state index in [1.54, 1.807) is 0 Å². The minimum atomic E-state index is -0.591. The van der Waals surface area contributed by atoms with E-state index in [0.717, 1.165) is 109 Å². The minimum Gasteiger partial charge on any atom is -0.462 e. The topological polar surface area (TPSA) is 61.8 Å².